The lowest BCUT2D eigenvalue weighted by atomic mass is 10.2. The molecule has 8 heteroatoms. The quantitative estimate of drug-likeness (QED) is 0.749. The highest BCUT2D eigenvalue weighted by molar-refractivity contribution is 8.15. The molecule has 2 aromatic rings. The number of carbonyl (C=O) groups excluding carboxylic acids is 2. The molecule has 0 saturated carbocycles. The van der Waals surface area contributed by atoms with Gasteiger partial charge in [-0.15, -0.1) is 0 Å². The van der Waals surface area contributed by atoms with Crippen LogP contribution in [-0.4, -0.2) is 47.9 Å². The number of para-hydroxylation sites is 1. The van der Waals surface area contributed by atoms with Crippen LogP contribution in [0.25, 0.3) is 0 Å². The number of nitrogens with one attached hydrogen (secondary N) is 1. The molecule has 7 nitrogen and oxygen atoms in total. The molecule has 0 radical (unpaired) electrons. The fraction of sp³-hybridized carbons (Fsp3) is 0.286. The Hall–Kier alpha value is -3.00. The second kappa shape index (κ2) is 9.47. The lowest BCUT2D eigenvalue weighted by Crippen LogP contribution is -2.33. The molecule has 2 amide bonds. The van der Waals surface area contributed by atoms with Crippen molar-refractivity contribution in [2.24, 2.45) is 4.99 Å². The third-order valence-electron chi connectivity index (χ3n) is 4.37. The number of aliphatic imine (C=N–C) groups is 1. The summed E-state index contributed by atoms with van der Waals surface area (Å²) in [6.45, 7) is 2.34. The summed E-state index contributed by atoms with van der Waals surface area (Å²) in [6, 6.07) is 14.5. The van der Waals surface area contributed by atoms with Crippen molar-refractivity contribution in [2.45, 2.75) is 18.6 Å². The van der Waals surface area contributed by atoms with Gasteiger partial charge < -0.3 is 14.8 Å². The third kappa shape index (κ3) is 4.89. The van der Waals surface area contributed by atoms with Gasteiger partial charge in [-0.25, -0.2) is 4.99 Å². The van der Waals surface area contributed by atoms with Crippen molar-refractivity contribution in [1.29, 1.82) is 0 Å². The standard InChI is InChI=1S/C21H23N3O4S/c1-4-24-20(26)18(13-19(25)22-14-8-6-5-7-9-14)29-21(24)23-16-12-15(27-2)10-11-17(16)28-3/h5-12,18H,4,13H2,1-3H3,(H,22,25). The molecule has 0 bridgehead atoms. The van der Waals surface area contributed by atoms with Gasteiger partial charge in [-0.3, -0.25) is 14.5 Å². The van der Waals surface area contributed by atoms with E-state index in [1.165, 1.54) is 11.8 Å². The SMILES string of the molecule is CCN1C(=O)C(CC(=O)Nc2ccccc2)SC1=Nc1cc(OC)ccc1OC. The van der Waals surface area contributed by atoms with Crippen LogP contribution >= 0.6 is 11.8 Å². The Labute approximate surface area is 174 Å². The van der Waals surface area contributed by atoms with Crippen molar-refractivity contribution >= 4 is 40.1 Å². The zero-order valence-electron chi connectivity index (χ0n) is 16.5. The maximum absolute atomic E-state index is 12.8. The van der Waals surface area contributed by atoms with Gasteiger partial charge in [-0.2, -0.15) is 0 Å². The molecule has 1 N–H and O–H groups in total. The number of amidine groups is 1. The zero-order chi connectivity index (χ0) is 20.8. The molecular weight excluding hydrogens is 390 g/mol. The highest BCUT2D eigenvalue weighted by Crippen LogP contribution is 2.36. The van der Waals surface area contributed by atoms with E-state index < -0.39 is 5.25 Å². The first kappa shape index (κ1) is 20.7. The van der Waals surface area contributed by atoms with Gasteiger partial charge in [-0.1, -0.05) is 30.0 Å². The summed E-state index contributed by atoms with van der Waals surface area (Å²) in [5, 5.41) is 2.84. The molecule has 1 atom stereocenters. The van der Waals surface area contributed by atoms with Crippen LogP contribution in [0.1, 0.15) is 13.3 Å². The van der Waals surface area contributed by atoms with Crippen LogP contribution in [0.4, 0.5) is 11.4 Å². The van der Waals surface area contributed by atoms with Crippen LogP contribution in [0.15, 0.2) is 53.5 Å². The number of benzene rings is 2. The van der Waals surface area contributed by atoms with E-state index in [2.05, 4.69) is 10.3 Å². The van der Waals surface area contributed by atoms with Gasteiger partial charge in [0, 0.05) is 24.7 Å². The van der Waals surface area contributed by atoms with E-state index in [1.807, 2.05) is 37.3 Å². The zero-order valence-corrected chi connectivity index (χ0v) is 17.4. The fourth-order valence-corrected chi connectivity index (χ4v) is 4.12. The maximum atomic E-state index is 12.8. The van der Waals surface area contributed by atoms with E-state index >= 15 is 0 Å². The Bertz CT molecular complexity index is 917. The summed E-state index contributed by atoms with van der Waals surface area (Å²) in [5.41, 5.74) is 1.27. The minimum atomic E-state index is -0.519. The molecule has 0 aromatic heterocycles. The average Bonchev–Trinajstić information content (AvgIpc) is 3.02. The Kier molecular flexibility index (Phi) is 6.77. The second-order valence-corrected chi connectivity index (χ2v) is 7.41. The number of methoxy groups -OCH3 is 2. The van der Waals surface area contributed by atoms with Gasteiger partial charge in [0.15, 0.2) is 5.17 Å². The van der Waals surface area contributed by atoms with Gasteiger partial charge >= 0.3 is 0 Å². The number of rotatable bonds is 7. The third-order valence-corrected chi connectivity index (χ3v) is 5.54. The first-order chi connectivity index (χ1) is 14.0. The molecule has 0 aliphatic carbocycles. The number of anilines is 1. The van der Waals surface area contributed by atoms with E-state index in [4.69, 9.17) is 9.47 Å². The molecule has 3 rings (SSSR count). The van der Waals surface area contributed by atoms with Crippen molar-refractivity contribution in [3.8, 4) is 11.5 Å². The first-order valence-corrected chi connectivity index (χ1v) is 10.1. The van der Waals surface area contributed by atoms with Gasteiger partial charge in [0.05, 0.1) is 14.2 Å². The lowest BCUT2D eigenvalue weighted by Gasteiger charge is -2.14. The summed E-state index contributed by atoms with van der Waals surface area (Å²) >= 11 is 1.29. The number of carbonyl (C=O) groups is 2. The number of hydrogen-bond donors (Lipinski definition) is 1. The Morgan fingerprint density at radius 2 is 1.93 bits per heavy atom. The second-order valence-electron chi connectivity index (χ2n) is 6.24. The van der Waals surface area contributed by atoms with Crippen LogP contribution in [0.5, 0.6) is 11.5 Å². The molecule has 1 saturated heterocycles. The number of hydrogen-bond acceptors (Lipinski definition) is 6. The van der Waals surface area contributed by atoms with Crippen LogP contribution in [0.3, 0.4) is 0 Å². The first-order valence-electron chi connectivity index (χ1n) is 9.19. The summed E-state index contributed by atoms with van der Waals surface area (Å²) in [5.74, 6) is 0.883. The maximum Gasteiger partial charge on any atom is 0.242 e. The van der Waals surface area contributed by atoms with Gasteiger partial charge in [0.2, 0.25) is 11.8 Å². The van der Waals surface area contributed by atoms with Crippen molar-refractivity contribution in [1.82, 2.24) is 4.90 Å². The van der Waals surface area contributed by atoms with Crippen LogP contribution in [0, 0.1) is 0 Å². The lowest BCUT2D eigenvalue weighted by molar-refractivity contribution is -0.128. The Balaban J connectivity index is 1.78. The summed E-state index contributed by atoms with van der Waals surface area (Å²) in [6.07, 6.45) is 0.0726. The molecule has 1 aliphatic heterocycles. The van der Waals surface area contributed by atoms with Crippen molar-refractivity contribution in [2.75, 3.05) is 26.1 Å². The molecule has 1 fully saturated rings. The number of amides is 2. The fourth-order valence-electron chi connectivity index (χ4n) is 2.91. The molecular formula is C21H23N3O4S. The predicted octanol–water partition coefficient (Wildman–Crippen LogP) is 3.68. The molecule has 29 heavy (non-hydrogen) atoms. The molecule has 1 unspecified atom stereocenters. The monoisotopic (exact) mass is 413 g/mol. The minimum Gasteiger partial charge on any atom is -0.497 e. The molecule has 1 heterocycles. The molecule has 2 aromatic carbocycles. The van der Waals surface area contributed by atoms with Crippen molar-refractivity contribution in [3.05, 3.63) is 48.5 Å². The Morgan fingerprint density at radius 1 is 1.17 bits per heavy atom. The number of thioether (sulfide) groups is 1. The molecule has 1 aliphatic rings. The van der Waals surface area contributed by atoms with Crippen LogP contribution in [-0.2, 0) is 9.59 Å². The molecule has 0 spiro atoms. The van der Waals surface area contributed by atoms with Crippen molar-refractivity contribution in [3.63, 3.8) is 0 Å². The van der Waals surface area contributed by atoms with E-state index in [-0.39, 0.29) is 18.2 Å². The molecule has 152 valence electrons. The summed E-state index contributed by atoms with van der Waals surface area (Å²) in [7, 11) is 3.14. The summed E-state index contributed by atoms with van der Waals surface area (Å²) in [4.78, 5) is 31.4. The van der Waals surface area contributed by atoms with Crippen molar-refractivity contribution < 1.29 is 19.1 Å². The van der Waals surface area contributed by atoms with E-state index in [1.54, 1.807) is 37.3 Å². The number of nitrogens with zero attached hydrogens (tertiary/aromatic N) is 2. The Morgan fingerprint density at radius 3 is 2.59 bits per heavy atom. The van der Waals surface area contributed by atoms with E-state index in [0.29, 0.717) is 34.6 Å². The van der Waals surface area contributed by atoms with Crippen LogP contribution in [0.2, 0.25) is 0 Å². The smallest absolute Gasteiger partial charge is 0.242 e. The van der Waals surface area contributed by atoms with E-state index in [0.717, 1.165) is 0 Å². The topological polar surface area (TPSA) is 80.2 Å². The largest absolute Gasteiger partial charge is 0.497 e. The van der Waals surface area contributed by atoms with E-state index in [9.17, 15) is 9.59 Å². The number of ether oxygens (including phenoxy) is 2. The van der Waals surface area contributed by atoms with Crippen LogP contribution < -0.4 is 14.8 Å². The predicted molar refractivity (Wildman–Crippen MR) is 115 cm³/mol. The minimum absolute atomic E-state index is 0.0726. The van der Waals surface area contributed by atoms with Gasteiger partial charge in [-0.05, 0) is 31.2 Å². The summed E-state index contributed by atoms with van der Waals surface area (Å²) < 4.78 is 10.6. The highest BCUT2D eigenvalue weighted by atomic mass is 32.2. The highest BCUT2D eigenvalue weighted by Gasteiger charge is 2.38. The van der Waals surface area contributed by atoms with Gasteiger partial charge in [0.25, 0.3) is 0 Å². The normalized spacial score (nSPS) is 17.5. The van der Waals surface area contributed by atoms with Gasteiger partial charge in [0.1, 0.15) is 22.4 Å². The average molecular weight is 413 g/mol.